The number of nitrogens with two attached hydrogens (primary N) is 1. The summed E-state index contributed by atoms with van der Waals surface area (Å²) in [6.45, 7) is 3.64. The molecule has 0 bridgehead atoms. The van der Waals surface area contributed by atoms with Gasteiger partial charge < -0.3 is 16.0 Å². The Balaban J connectivity index is 2.25. The number of carbonyl (C=O) groups excluding carboxylic acids is 2. The fourth-order valence-electron chi connectivity index (χ4n) is 2.01. The largest absolute Gasteiger partial charge is 0.368 e. The Kier molecular flexibility index (Phi) is 3.99. The molecule has 2 rings (SSSR count). The highest BCUT2D eigenvalue weighted by Gasteiger charge is 2.22. The maximum atomic E-state index is 12.1. The van der Waals surface area contributed by atoms with Gasteiger partial charge in [0.2, 0.25) is 5.91 Å². The van der Waals surface area contributed by atoms with Crippen LogP contribution >= 0.6 is 11.6 Å². The van der Waals surface area contributed by atoms with E-state index in [-0.39, 0.29) is 11.8 Å². The molecule has 0 unspecified atom stereocenters. The number of H-pyrrole nitrogens is 1. The standard InChI is InChI=1S/C14H16ClN3O2/c1-7(2)12(13(16)19)18-14(20)11-5-8-3-4-9(15)6-10(8)17-11/h3-7,12,17H,1-2H3,(H2,16,19)(H,18,20)/t12-/m1/s1. The molecule has 1 aromatic carbocycles. The molecule has 0 aliphatic heterocycles. The lowest BCUT2D eigenvalue weighted by atomic mass is 10.0. The smallest absolute Gasteiger partial charge is 0.268 e. The lowest BCUT2D eigenvalue weighted by Crippen LogP contribution is -2.47. The van der Waals surface area contributed by atoms with E-state index in [4.69, 9.17) is 17.3 Å². The maximum absolute atomic E-state index is 12.1. The zero-order valence-electron chi connectivity index (χ0n) is 11.2. The van der Waals surface area contributed by atoms with Crippen molar-refractivity contribution in [3.8, 4) is 0 Å². The van der Waals surface area contributed by atoms with Gasteiger partial charge in [-0.25, -0.2) is 0 Å². The van der Waals surface area contributed by atoms with Gasteiger partial charge in [-0.05, 0) is 24.1 Å². The van der Waals surface area contributed by atoms with Gasteiger partial charge in [-0.2, -0.15) is 0 Å². The number of nitrogens with one attached hydrogen (secondary N) is 2. The predicted molar refractivity (Wildman–Crippen MR) is 78.6 cm³/mol. The zero-order chi connectivity index (χ0) is 14.9. The van der Waals surface area contributed by atoms with Gasteiger partial charge in [-0.15, -0.1) is 0 Å². The Morgan fingerprint density at radius 1 is 1.30 bits per heavy atom. The van der Waals surface area contributed by atoms with Gasteiger partial charge in [0, 0.05) is 15.9 Å². The molecule has 106 valence electrons. The highest BCUT2D eigenvalue weighted by Crippen LogP contribution is 2.20. The van der Waals surface area contributed by atoms with Crippen molar-refractivity contribution in [3.05, 3.63) is 35.0 Å². The number of hydrogen-bond donors (Lipinski definition) is 3. The summed E-state index contributed by atoms with van der Waals surface area (Å²) in [5, 5.41) is 4.09. The quantitative estimate of drug-likeness (QED) is 0.805. The molecule has 1 heterocycles. The van der Waals surface area contributed by atoms with Gasteiger partial charge in [-0.3, -0.25) is 9.59 Å². The molecule has 0 radical (unpaired) electrons. The molecule has 0 spiro atoms. The Labute approximate surface area is 121 Å². The lowest BCUT2D eigenvalue weighted by molar-refractivity contribution is -0.120. The van der Waals surface area contributed by atoms with Gasteiger partial charge in [0.15, 0.2) is 0 Å². The molecule has 6 heteroatoms. The molecule has 5 nitrogen and oxygen atoms in total. The highest BCUT2D eigenvalue weighted by molar-refractivity contribution is 6.31. The zero-order valence-corrected chi connectivity index (χ0v) is 12.0. The van der Waals surface area contributed by atoms with Crippen LogP contribution in [-0.2, 0) is 4.79 Å². The summed E-state index contributed by atoms with van der Waals surface area (Å²) < 4.78 is 0. The number of hydrogen-bond acceptors (Lipinski definition) is 2. The van der Waals surface area contributed by atoms with Crippen LogP contribution in [0.25, 0.3) is 10.9 Å². The van der Waals surface area contributed by atoms with Gasteiger partial charge in [-0.1, -0.05) is 31.5 Å². The van der Waals surface area contributed by atoms with Crippen molar-refractivity contribution in [2.24, 2.45) is 11.7 Å². The molecule has 4 N–H and O–H groups in total. The van der Waals surface area contributed by atoms with Crippen LogP contribution in [0.3, 0.4) is 0 Å². The fraction of sp³-hybridized carbons (Fsp3) is 0.286. The summed E-state index contributed by atoms with van der Waals surface area (Å²) in [6.07, 6.45) is 0. The van der Waals surface area contributed by atoms with Crippen LogP contribution in [0.2, 0.25) is 5.02 Å². The number of aromatic amines is 1. The molecular weight excluding hydrogens is 278 g/mol. The van der Waals surface area contributed by atoms with Crippen LogP contribution in [0.15, 0.2) is 24.3 Å². The summed E-state index contributed by atoms with van der Waals surface area (Å²) in [5.41, 5.74) is 6.41. The Morgan fingerprint density at radius 2 is 2.00 bits per heavy atom. The van der Waals surface area contributed by atoms with E-state index >= 15 is 0 Å². The first kappa shape index (κ1) is 14.4. The first-order valence-electron chi connectivity index (χ1n) is 6.27. The molecule has 2 amide bonds. The fourth-order valence-corrected chi connectivity index (χ4v) is 2.18. The number of amides is 2. The molecule has 0 fully saturated rings. The summed E-state index contributed by atoms with van der Waals surface area (Å²) in [4.78, 5) is 26.4. The van der Waals surface area contributed by atoms with Crippen molar-refractivity contribution in [1.82, 2.24) is 10.3 Å². The number of aromatic nitrogens is 1. The van der Waals surface area contributed by atoms with Crippen molar-refractivity contribution in [1.29, 1.82) is 0 Å². The highest BCUT2D eigenvalue weighted by atomic mass is 35.5. The Morgan fingerprint density at radius 3 is 2.60 bits per heavy atom. The van der Waals surface area contributed by atoms with Crippen LogP contribution in [0.5, 0.6) is 0 Å². The number of fused-ring (bicyclic) bond motifs is 1. The van der Waals surface area contributed by atoms with E-state index < -0.39 is 11.9 Å². The first-order valence-corrected chi connectivity index (χ1v) is 6.64. The maximum Gasteiger partial charge on any atom is 0.268 e. The third kappa shape index (κ3) is 2.93. The number of carbonyl (C=O) groups is 2. The number of rotatable bonds is 4. The average Bonchev–Trinajstić information content (AvgIpc) is 2.77. The van der Waals surface area contributed by atoms with Gasteiger partial charge in [0.05, 0.1) is 0 Å². The normalized spacial score (nSPS) is 12.6. The van der Waals surface area contributed by atoms with Gasteiger partial charge >= 0.3 is 0 Å². The minimum Gasteiger partial charge on any atom is -0.368 e. The SMILES string of the molecule is CC(C)[C@@H](NC(=O)c1cc2ccc(Cl)cc2[nH]1)C(N)=O. The van der Waals surface area contributed by atoms with E-state index in [2.05, 4.69) is 10.3 Å². The predicted octanol–water partition coefficient (Wildman–Crippen LogP) is 2.06. The van der Waals surface area contributed by atoms with Crippen LogP contribution in [0.1, 0.15) is 24.3 Å². The Hall–Kier alpha value is -2.01. The van der Waals surface area contributed by atoms with E-state index in [1.807, 2.05) is 19.9 Å². The second-order valence-electron chi connectivity index (χ2n) is 5.01. The first-order chi connectivity index (χ1) is 9.38. The monoisotopic (exact) mass is 293 g/mol. The van der Waals surface area contributed by atoms with Crippen LogP contribution in [0, 0.1) is 5.92 Å². The summed E-state index contributed by atoms with van der Waals surface area (Å²) >= 11 is 5.89. The van der Waals surface area contributed by atoms with Crippen molar-refractivity contribution >= 4 is 34.3 Å². The average molecular weight is 294 g/mol. The summed E-state index contributed by atoms with van der Waals surface area (Å²) in [6, 6.07) is 6.32. The van der Waals surface area contributed by atoms with Gasteiger partial charge in [0.1, 0.15) is 11.7 Å². The van der Waals surface area contributed by atoms with Crippen LogP contribution < -0.4 is 11.1 Å². The summed E-state index contributed by atoms with van der Waals surface area (Å²) in [7, 11) is 0. The van der Waals surface area contributed by atoms with E-state index in [1.54, 1.807) is 18.2 Å². The van der Waals surface area contributed by atoms with Crippen LogP contribution in [0.4, 0.5) is 0 Å². The Bertz CT molecular complexity index is 663. The third-order valence-corrected chi connectivity index (χ3v) is 3.32. The molecule has 0 saturated carbocycles. The molecule has 20 heavy (non-hydrogen) atoms. The minimum atomic E-state index is -0.697. The third-order valence-electron chi connectivity index (χ3n) is 3.09. The molecule has 1 atom stereocenters. The number of halogens is 1. The minimum absolute atomic E-state index is 0.0738. The molecule has 1 aromatic heterocycles. The molecule has 0 saturated heterocycles. The molecule has 0 aliphatic rings. The van der Waals surface area contributed by atoms with Crippen molar-refractivity contribution in [3.63, 3.8) is 0 Å². The summed E-state index contributed by atoms with van der Waals surface area (Å²) in [5.74, 6) is -0.988. The molecular formula is C14H16ClN3O2. The number of benzene rings is 1. The van der Waals surface area contributed by atoms with Crippen molar-refractivity contribution < 1.29 is 9.59 Å². The topological polar surface area (TPSA) is 88.0 Å². The van der Waals surface area contributed by atoms with Gasteiger partial charge in [0.25, 0.3) is 5.91 Å². The molecule has 2 aromatic rings. The van der Waals surface area contributed by atoms with Crippen molar-refractivity contribution in [2.75, 3.05) is 0 Å². The molecule has 0 aliphatic carbocycles. The van der Waals surface area contributed by atoms with Crippen molar-refractivity contribution in [2.45, 2.75) is 19.9 Å². The van der Waals surface area contributed by atoms with E-state index in [1.165, 1.54) is 0 Å². The number of primary amides is 1. The van der Waals surface area contributed by atoms with E-state index in [9.17, 15) is 9.59 Å². The lowest BCUT2D eigenvalue weighted by Gasteiger charge is -2.18. The van der Waals surface area contributed by atoms with E-state index in [0.717, 1.165) is 10.9 Å². The second kappa shape index (κ2) is 5.54. The van der Waals surface area contributed by atoms with Crippen LogP contribution in [-0.4, -0.2) is 22.8 Å². The van der Waals surface area contributed by atoms with E-state index in [0.29, 0.717) is 10.7 Å². The second-order valence-corrected chi connectivity index (χ2v) is 5.45.